The average Bonchev–Trinajstić information content (AvgIpc) is 3.91. The molecule has 0 N–H and O–H groups in total. The van der Waals surface area contributed by atoms with Crippen LogP contribution in [-0.4, -0.2) is 19.5 Å². The Hall–Kier alpha value is -6.63. The fourth-order valence-electron chi connectivity index (χ4n) is 7.34. The third-order valence-corrected chi connectivity index (χ3v) is 10.8. The zero-order valence-corrected chi connectivity index (χ0v) is 27.5. The maximum Gasteiger partial charge on any atom is 0.164 e. The summed E-state index contributed by atoms with van der Waals surface area (Å²) >= 11 is 1.69. The van der Waals surface area contributed by atoms with Crippen LogP contribution in [0.4, 0.5) is 0 Å². The molecule has 0 amide bonds. The van der Waals surface area contributed by atoms with Gasteiger partial charge in [-0.05, 0) is 42.5 Å². The molecule has 4 aromatic heterocycles. The van der Waals surface area contributed by atoms with Gasteiger partial charge in [0.1, 0.15) is 11.2 Å². The first-order valence-corrected chi connectivity index (χ1v) is 17.4. The number of fused-ring (bicyclic) bond motifs is 9. The lowest BCUT2D eigenvalue weighted by Crippen LogP contribution is -2.00. The molecular formula is C45H26N4OS. The van der Waals surface area contributed by atoms with Gasteiger partial charge in [-0.3, -0.25) is 0 Å². The van der Waals surface area contributed by atoms with Crippen molar-refractivity contribution in [3.63, 3.8) is 0 Å². The molecule has 11 rings (SSSR count). The van der Waals surface area contributed by atoms with Gasteiger partial charge in [-0.2, -0.15) is 0 Å². The van der Waals surface area contributed by atoms with Crippen molar-refractivity contribution in [1.82, 2.24) is 19.5 Å². The summed E-state index contributed by atoms with van der Waals surface area (Å²) in [6.07, 6.45) is 0. The van der Waals surface area contributed by atoms with Gasteiger partial charge in [0.2, 0.25) is 0 Å². The summed E-state index contributed by atoms with van der Waals surface area (Å²) in [6, 6.07) is 40.7. The summed E-state index contributed by atoms with van der Waals surface area (Å²) in [7, 11) is 0. The molecule has 238 valence electrons. The molecule has 0 aliphatic carbocycles. The highest BCUT2D eigenvalue weighted by Gasteiger charge is 2.20. The van der Waals surface area contributed by atoms with Crippen molar-refractivity contribution in [2.75, 3.05) is 0 Å². The van der Waals surface area contributed by atoms with Crippen molar-refractivity contribution in [2.45, 2.75) is 0 Å². The minimum Gasteiger partial charge on any atom is -0.456 e. The Kier molecular flexibility index (Phi) is 5.08. The Morgan fingerprint density at radius 2 is 1.18 bits per heavy atom. The lowest BCUT2D eigenvalue weighted by atomic mass is 10.0. The van der Waals surface area contributed by atoms with Crippen LogP contribution in [0, 0.1) is 0 Å². The van der Waals surface area contributed by atoms with Gasteiger partial charge >= 0.3 is 0 Å². The summed E-state index contributed by atoms with van der Waals surface area (Å²) in [6.45, 7) is 0. The Morgan fingerprint density at radius 1 is 0.529 bits per heavy atom. The molecule has 51 heavy (non-hydrogen) atoms. The zero-order valence-electron chi connectivity index (χ0n) is 31.7. The van der Waals surface area contributed by atoms with E-state index < -0.39 is 18.1 Å². The highest BCUT2D eigenvalue weighted by Crippen LogP contribution is 2.44. The van der Waals surface area contributed by atoms with Crippen molar-refractivity contribution < 1.29 is 11.3 Å². The highest BCUT2D eigenvalue weighted by molar-refractivity contribution is 7.26. The number of furan rings is 1. The molecule has 6 heteroatoms. The number of nitrogens with zero attached hydrogens (tertiary/aromatic N) is 4. The molecule has 0 spiro atoms. The number of aromatic nitrogens is 4. The molecule has 4 heterocycles. The normalized spacial score (nSPS) is 13.3. The molecule has 0 unspecified atom stereocenters. The fourth-order valence-corrected chi connectivity index (χ4v) is 8.57. The Bertz CT molecular complexity index is 3380. The third kappa shape index (κ3) is 4.30. The second-order valence-corrected chi connectivity index (χ2v) is 13.5. The summed E-state index contributed by atoms with van der Waals surface area (Å²) in [4.78, 5) is 14.8. The van der Waals surface area contributed by atoms with Gasteiger partial charge in [0.25, 0.3) is 0 Å². The number of hydrogen-bond acceptors (Lipinski definition) is 5. The van der Waals surface area contributed by atoms with Crippen molar-refractivity contribution in [1.29, 1.82) is 0 Å². The molecule has 5 nitrogen and oxygen atoms in total. The lowest BCUT2D eigenvalue weighted by Gasteiger charge is -2.10. The second kappa shape index (κ2) is 10.9. The number of rotatable bonds is 4. The topological polar surface area (TPSA) is 56.7 Å². The quantitative estimate of drug-likeness (QED) is 0.186. The van der Waals surface area contributed by atoms with Crippen LogP contribution in [0.3, 0.4) is 0 Å². The number of thiophene rings is 1. The van der Waals surface area contributed by atoms with E-state index in [0.717, 1.165) is 58.8 Å². The zero-order chi connectivity index (χ0) is 37.8. The van der Waals surface area contributed by atoms with Gasteiger partial charge < -0.3 is 8.98 Å². The molecular weight excluding hydrogens is 645 g/mol. The van der Waals surface area contributed by atoms with E-state index in [-0.39, 0.29) is 29.3 Å². The molecule has 0 saturated carbocycles. The van der Waals surface area contributed by atoms with Crippen LogP contribution < -0.4 is 0 Å². The van der Waals surface area contributed by atoms with Crippen LogP contribution in [-0.2, 0) is 0 Å². The Labute approximate surface area is 302 Å². The van der Waals surface area contributed by atoms with Crippen molar-refractivity contribution in [3.8, 4) is 39.9 Å². The number of benzene rings is 7. The Balaban J connectivity index is 1.18. The Morgan fingerprint density at radius 3 is 1.98 bits per heavy atom. The molecule has 7 aromatic carbocycles. The lowest BCUT2D eigenvalue weighted by molar-refractivity contribution is 0.669. The molecule has 11 aromatic rings. The largest absolute Gasteiger partial charge is 0.456 e. The minimum absolute atomic E-state index is 0.0192. The van der Waals surface area contributed by atoms with E-state index in [1.807, 2.05) is 54.6 Å². The van der Waals surface area contributed by atoms with E-state index >= 15 is 0 Å². The van der Waals surface area contributed by atoms with Crippen LogP contribution >= 0.6 is 11.3 Å². The van der Waals surface area contributed by atoms with Crippen molar-refractivity contribution in [3.05, 3.63) is 158 Å². The van der Waals surface area contributed by atoms with Crippen LogP contribution in [0.25, 0.3) is 104 Å². The summed E-state index contributed by atoms with van der Waals surface area (Å²) < 4.78 is 53.4. The van der Waals surface area contributed by atoms with Crippen LogP contribution in [0.5, 0.6) is 0 Å². The highest BCUT2D eigenvalue weighted by atomic mass is 32.1. The predicted molar refractivity (Wildman–Crippen MR) is 211 cm³/mol. The van der Waals surface area contributed by atoms with Gasteiger partial charge in [0.15, 0.2) is 17.5 Å². The third-order valence-electron chi connectivity index (χ3n) is 9.56. The number of hydrogen-bond donors (Lipinski definition) is 0. The molecule has 0 saturated heterocycles. The van der Waals surface area contributed by atoms with Crippen LogP contribution in [0.15, 0.2) is 162 Å². The smallest absolute Gasteiger partial charge is 0.164 e. The van der Waals surface area contributed by atoms with E-state index in [4.69, 9.17) is 26.2 Å². The summed E-state index contributed by atoms with van der Waals surface area (Å²) in [5, 5.41) is 6.27. The van der Waals surface area contributed by atoms with Crippen LogP contribution in [0.1, 0.15) is 6.85 Å². The van der Waals surface area contributed by atoms with Gasteiger partial charge in [0.05, 0.1) is 28.3 Å². The van der Waals surface area contributed by atoms with Crippen LogP contribution in [0.2, 0.25) is 0 Å². The van der Waals surface area contributed by atoms with E-state index in [2.05, 4.69) is 77.4 Å². The fraction of sp³-hybridized carbons (Fsp3) is 0. The molecule has 0 aliphatic heterocycles. The second-order valence-electron chi connectivity index (χ2n) is 12.4. The molecule has 0 aliphatic rings. The summed E-state index contributed by atoms with van der Waals surface area (Å²) in [5.41, 5.74) is 5.96. The van der Waals surface area contributed by atoms with Gasteiger partial charge in [-0.1, -0.05) is 115 Å². The number of para-hydroxylation sites is 3. The predicted octanol–water partition coefficient (Wildman–Crippen LogP) is 12.2. The maximum absolute atomic E-state index is 8.83. The van der Waals surface area contributed by atoms with Gasteiger partial charge in [-0.15, -0.1) is 11.3 Å². The van der Waals surface area contributed by atoms with Gasteiger partial charge in [-0.25, -0.2) is 15.0 Å². The minimum atomic E-state index is -0.484. The van der Waals surface area contributed by atoms with E-state index in [1.54, 1.807) is 11.3 Å². The SMILES string of the molecule is [2H]c1c([2H])c([2H])c(-c2nc(-c3ccc4c(c3)oc3ccccc34)nc(-c3cccc4sc5c(-n6c7ccccc7c7ccccc76)cccc5c34)n2)c([2H])c1[2H]. The standard InChI is InChI=1S/C45H26N4OS/c1-2-12-27(13-3-1)43-46-44(28-24-25-32-31-16-6-9-22-38(31)50-39(32)26-28)48-45(47-43)34-18-11-23-40-41(34)33-17-10-21-37(42(33)51-40)49-35-19-7-4-14-29(35)30-15-5-8-20-36(30)49/h1-26H/i1D,2D,3D,12D,13D. The van der Waals surface area contributed by atoms with Crippen molar-refractivity contribution >= 4 is 75.3 Å². The maximum atomic E-state index is 8.83. The average molecular weight is 676 g/mol. The molecule has 0 radical (unpaired) electrons. The molecule has 0 bridgehead atoms. The van der Waals surface area contributed by atoms with E-state index in [0.29, 0.717) is 17.0 Å². The first-order chi connectivity index (χ1) is 27.4. The van der Waals surface area contributed by atoms with E-state index in [9.17, 15) is 0 Å². The monoisotopic (exact) mass is 675 g/mol. The molecule has 0 fully saturated rings. The van der Waals surface area contributed by atoms with Gasteiger partial charge in [0, 0.05) is 53.7 Å². The van der Waals surface area contributed by atoms with E-state index in [1.165, 1.54) is 10.8 Å². The first kappa shape index (κ1) is 23.7. The first-order valence-electron chi connectivity index (χ1n) is 19.0. The summed E-state index contributed by atoms with van der Waals surface area (Å²) in [5.74, 6) is 0.574. The molecule has 0 atom stereocenters. The van der Waals surface area contributed by atoms with Crippen molar-refractivity contribution in [2.24, 2.45) is 0 Å².